The molecule has 1 aliphatic rings. The lowest BCUT2D eigenvalue weighted by atomic mass is 9.91. The van der Waals surface area contributed by atoms with Crippen molar-refractivity contribution >= 4 is 11.8 Å². The van der Waals surface area contributed by atoms with E-state index in [9.17, 15) is 9.59 Å². The number of aryl methyl sites for hydroxylation is 1. The molecule has 116 valence electrons. The Bertz CT molecular complexity index is 502. The van der Waals surface area contributed by atoms with E-state index >= 15 is 0 Å². The predicted octanol–water partition coefficient (Wildman–Crippen LogP) is 0.341. The number of carbonyl (C=O) groups is 2. The molecule has 3 N–H and O–H groups in total. The molecule has 2 rings (SSSR count). The Morgan fingerprint density at radius 2 is 2.10 bits per heavy atom. The van der Waals surface area contributed by atoms with Crippen molar-refractivity contribution in [1.29, 1.82) is 0 Å². The maximum Gasteiger partial charge on any atom is 0.274 e. The molecule has 1 unspecified atom stereocenters. The molecule has 21 heavy (non-hydrogen) atoms. The lowest BCUT2D eigenvalue weighted by Gasteiger charge is -2.33. The molecule has 6 nitrogen and oxygen atoms in total. The molecule has 0 bridgehead atoms. The Morgan fingerprint density at radius 3 is 2.62 bits per heavy atom. The number of hydrogen-bond donors (Lipinski definition) is 2. The van der Waals surface area contributed by atoms with E-state index in [0.29, 0.717) is 11.6 Å². The van der Waals surface area contributed by atoms with Crippen molar-refractivity contribution in [1.82, 2.24) is 14.8 Å². The highest BCUT2D eigenvalue weighted by Crippen LogP contribution is 2.19. The van der Waals surface area contributed by atoms with Crippen LogP contribution in [0.3, 0.4) is 0 Å². The number of aromatic nitrogens is 1. The van der Waals surface area contributed by atoms with E-state index in [0.717, 1.165) is 25.9 Å². The van der Waals surface area contributed by atoms with Gasteiger partial charge in [-0.15, -0.1) is 0 Å². The van der Waals surface area contributed by atoms with Gasteiger partial charge < -0.3 is 10.3 Å². The minimum atomic E-state index is -0.349. The van der Waals surface area contributed by atoms with Gasteiger partial charge in [-0.2, -0.15) is 0 Å². The smallest absolute Gasteiger partial charge is 0.274 e. The number of nitrogens with zero attached hydrogens (tertiary/aromatic N) is 2. The third-order valence-electron chi connectivity index (χ3n) is 4.17. The van der Waals surface area contributed by atoms with E-state index < -0.39 is 0 Å². The van der Waals surface area contributed by atoms with Gasteiger partial charge >= 0.3 is 0 Å². The number of nitrogens with two attached hydrogens (primary N) is 1. The van der Waals surface area contributed by atoms with Crippen molar-refractivity contribution < 1.29 is 9.59 Å². The van der Waals surface area contributed by atoms with E-state index in [1.165, 1.54) is 0 Å². The molecule has 0 aromatic carbocycles. The van der Waals surface area contributed by atoms with E-state index in [1.807, 2.05) is 6.92 Å². The zero-order valence-electron chi connectivity index (χ0n) is 12.7. The number of hydrogen-bond acceptors (Lipinski definition) is 4. The van der Waals surface area contributed by atoms with Gasteiger partial charge in [0.25, 0.3) is 5.91 Å². The highest BCUT2D eigenvalue weighted by atomic mass is 16.2. The average Bonchev–Trinajstić information content (AvgIpc) is 2.85. The van der Waals surface area contributed by atoms with Crippen LogP contribution in [0.15, 0.2) is 18.3 Å². The first-order valence-electron chi connectivity index (χ1n) is 7.41. The third kappa shape index (κ3) is 4.15. The summed E-state index contributed by atoms with van der Waals surface area (Å²) in [7, 11) is 1.78. The molecule has 1 aromatic heterocycles. The van der Waals surface area contributed by atoms with Gasteiger partial charge in [0.15, 0.2) is 0 Å². The second kappa shape index (κ2) is 6.87. The van der Waals surface area contributed by atoms with Crippen LogP contribution in [0.5, 0.6) is 0 Å². The fourth-order valence-corrected chi connectivity index (χ4v) is 2.77. The number of imide groups is 1. The summed E-state index contributed by atoms with van der Waals surface area (Å²) in [6.45, 7) is 4.02. The molecule has 0 aliphatic carbocycles. The third-order valence-corrected chi connectivity index (χ3v) is 4.17. The Balaban J connectivity index is 1.78. The number of nitrogens with one attached hydrogen (secondary N) is 1. The zero-order valence-corrected chi connectivity index (χ0v) is 12.7. The van der Waals surface area contributed by atoms with Gasteiger partial charge in [-0.1, -0.05) is 0 Å². The normalized spacial score (nSPS) is 18.4. The Kier molecular flexibility index (Phi) is 5.14. The number of rotatable bonds is 4. The van der Waals surface area contributed by atoms with Gasteiger partial charge in [-0.3, -0.25) is 19.8 Å². The Hall–Kier alpha value is -1.66. The zero-order chi connectivity index (χ0) is 15.4. The minimum absolute atomic E-state index is 0.208. The fourth-order valence-electron chi connectivity index (χ4n) is 2.77. The molecular weight excluding hydrogens is 268 g/mol. The SMILES string of the molecule is CC(N)C1CCN(CC(=O)NC(=O)c2cccn2C)CC1. The molecule has 2 amide bonds. The summed E-state index contributed by atoms with van der Waals surface area (Å²) in [6.07, 6.45) is 3.80. The topological polar surface area (TPSA) is 80.4 Å². The molecule has 1 aliphatic heterocycles. The first-order chi connectivity index (χ1) is 9.97. The molecule has 1 fully saturated rings. The summed E-state index contributed by atoms with van der Waals surface area (Å²) in [5.74, 6) is -0.0623. The van der Waals surface area contributed by atoms with E-state index in [4.69, 9.17) is 5.73 Å². The van der Waals surface area contributed by atoms with Crippen LogP contribution in [0.1, 0.15) is 30.3 Å². The first kappa shape index (κ1) is 15.7. The molecule has 1 atom stereocenters. The molecule has 1 saturated heterocycles. The van der Waals surface area contributed by atoms with E-state index in [1.54, 1.807) is 29.9 Å². The highest BCUT2D eigenvalue weighted by molar-refractivity contribution is 6.04. The monoisotopic (exact) mass is 292 g/mol. The van der Waals surface area contributed by atoms with Crippen LogP contribution in [0.2, 0.25) is 0 Å². The van der Waals surface area contributed by atoms with Gasteiger partial charge in [-0.25, -0.2) is 0 Å². The lowest BCUT2D eigenvalue weighted by molar-refractivity contribution is -0.121. The summed E-state index contributed by atoms with van der Waals surface area (Å²) in [5.41, 5.74) is 6.39. The van der Waals surface area contributed by atoms with Gasteiger partial charge in [0, 0.05) is 19.3 Å². The summed E-state index contributed by atoms with van der Waals surface area (Å²) in [4.78, 5) is 25.9. The van der Waals surface area contributed by atoms with Crippen molar-refractivity contribution in [3.8, 4) is 0 Å². The van der Waals surface area contributed by atoms with Gasteiger partial charge in [0.05, 0.1) is 6.54 Å². The number of likely N-dealkylation sites (tertiary alicyclic amines) is 1. The molecule has 0 radical (unpaired) electrons. The fraction of sp³-hybridized carbons (Fsp3) is 0.600. The Labute approximate surface area is 125 Å². The first-order valence-corrected chi connectivity index (χ1v) is 7.41. The Morgan fingerprint density at radius 1 is 1.43 bits per heavy atom. The highest BCUT2D eigenvalue weighted by Gasteiger charge is 2.23. The van der Waals surface area contributed by atoms with Crippen LogP contribution in [0.4, 0.5) is 0 Å². The van der Waals surface area contributed by atoms with Crippen molar-refractivity contribution in [2.75, 3.05) is 19.6 Å². The van der Waals surface area contributed by atoms with Crippen LogP contribution in [0.25, 0.3) is 0 Å². The van der Waals surface area contributed by atoms with Crippen LogP contribution in [-0.4, -0.2) is 47.0 Å². The van der Waals surface area contributed by atoms with Gasteiger partial charge in [-0.05, 0) is 50.9 Å². The number of carbonyl (C=O) groups excluding carboxylic acids is 2. The van der Waals surface area contributed by atoms with Crippen LogP contribution in [-0.2, 0) is 11.8 Å². The molecule has 0 saturated carbocycles. The molecule has 2 heterocycles. The van der Waals surface area contributed by atoms with Crippen molar-refractivity contribution in [2.24, 2.45) is 18.7 Å². The molecule has 1 aromatic rings. The quantitative estimate of drug-likeness (QED) is 0.838. The van der Waals surface area contributed by atoms with E-state index in [-0.39, 0.29) is 24.4 Å². The molecule has 0 spiro atoms. The summed E-state index contributed by atoms with van der Waals surface area (Å²) >= 11 is 0. The van der Waals surface area contributed by atoms with Gasteiger partial charge in [0.1, 0.15) is 5.69 Å². The van der Waals surface area contributed by atoms with E-state index in [2.05, 4.69) is 10.2 Å². The molecule has 6 heteroatoms. The predicted molar refractivity (Wildman–Crippen MR) is 80.7 cm³/mol. The van der Waals surface area contributed by atoms with Crippen LogP contribution >= 0.6 is 0 Å². The minimum Gasteiger partial charge on any atom is -0.347 e. The maximum absolute atomic E-state index is 11.9. The van der Waals surface area contributed by atoms with Gasteiger partial charge in [0.2, 0.25) is 5.91 Å². The summed E-state index contributed by atoms with van der Waals surface area (Å²) in [5, 5.41) is 2.44. The standard InChI is InChI=1S/C15H24N4O2/c1-11(16)12-5-8-19(9-6-12)10-14(20)17-15(21)13-4-3-7-18(13)2/h3-4,7,11-12H,5-6,8-10,16H2,1-2H3,(H,17,20,21). The number of amides is 2. The molecular formula is C15H24N4O2. The average molecular weight is 292 g/mol. The van der Waals surface area contributed by atoms with Crippen molar-refractivity contribution in [3.63, 3.8) is 0 Å². The summed E-state index contributed by atoms with van der Waals surface area (Å²) < 4.78 is 1.69. The second-order valence-corrected chi connectivity index (χ2v) is 5.85. The van der Waals surface area contributed by atoms with Crippen molar-refractivity contribution in [3.05, 3.63) is 24.0 Å². The van der Waals surface area contributed by atoms with Crippen LogP contribution in [0, 0.1) is 5.92 Å². The maximum atomic E-state index is 11.9. The van der Waals surface area contributed by atoms with Crippen LogP contribution < -0.4 is 11.1 Å². The van der Waals surface area contributed by atoms with Crippen molar-refractivity contribution in [2.45, 2.75) is 25.8 Å². The summed E-state index contributed by atoms with van der Waals surface area (Å²) in [6, 6.07) is 3.68. The number of piperidine rings is 1. The lowest BCUT2D eigenvalue weighted by Crippen LogP contribution is -2.45. The largest absolute Gasteiger partial charge is 0.347 e. The second-order valence-electron chi connectivity index (χ2n) is 5.85.